The second-order valence-corrected chi connectivity index (χ2v) is 6.60. The molecule has 0 saturated heterocycles. The Labute approximate surface area is 89.4 Å². The average Bonchev–Trinajstić information content (AvgIpc) is 2.00. The number of hydrogen-bond donors (Lipinski definition) is 3. The summed E-state index contributed by atoms with van der Waals surface area (Å²) in [6.45, 7) is 4.01. The van der Waals surface area contributed by atoms with Crippen molar-refractivity contribution in [1.82, 2.24) is 4.72 Å². The van der Waals surface area contributed by atoms with E-state index in [2.05, 4.69) is 0 Å². The van der Waals surface area contributed by atoms with E-state index in [4.69, 9.17) is 10.2 Å². The number of carbonyl (C=O) groups is 1. The Balaban J connectivity index is 4.76. The molecule has 90 valence electrons. The van der Waals surface area contributed by atoms with Crippen molar-refractivity contribution in [1.29, 1.82) is 0 Å². The average molecular weight is 239 g/mol. The molecule has 15 heavy (non-hydrogen) atoms. The predicted octanol–water partition coefficient (Wildman–Crippen LogP) is -0.460. The molecule has 0 amide bonds. The van der Waals surface area contributed by atoms with Crippen molar-refractivity contribution in [3.05, 3.63) is 0 Å². The van der Waals surface area contributed by atoms with E-state index < -0.39 is 26.8 Å². The summed E-state index contributed by atoms with van der Waals surface area (Å²) in [7, 11) is -3.71. The number of rotatable bonds is 5. The molecule has 0 bridgehead atoms. The first-order chi connectivity index (χ1) is 6.62. The van der Waals surface area contributed by atoms with Crippen LogP contribution in [0, 0.1) is 0 Å². The highest BCUT2D eigenvalue weighted by Gasteiger charge is 2.33. The van der Waals surface area contributed by atoms with Crippen LogP contribution in [0.4, 0.5) is 0 Å². The van der Waals surface area contributed by atoms with Crippen molar-refractivity contribution in [2.45, 2.75) is 38.0 Å². The number of nitrogens with one attached hydrogen (secondary N) is 1. The summed E-state index contributed by atoms with van der Waals surface area (Å²) in [5, 5.41) is 17.3. The van der Waals surface area contributed by atoms with Crippen LogP contribution in [0.25, 0.3) is 0 Å². The van der Waals surface area contributed by atoms with Crippen LogP contribution >= 0.6 is 0 Å². The van der Waals surface area contributed by atoms with Crippen LogP contribution in [0.15, 0.2) is 0 Å². The van der Waals surface area contributed by atoms with Gasteiger partial charge in [-0.15, -0.1) is 0 Å². The van der Waals surface area contributed by atoms with Crippen LogP contribution < -0.4 is 4.72 Å². The normalized spacial score (nSPS) is 14.9. The maximum atomic E-state index is 11.6. The first-order valence-electron chi connectivity index (χ1n) is 4.47. The molecule has 0 radical (unpaired) electrons. The van der Waals surface area contributed by atoms with Gasteiger partial charge in [-0.3, -0.25) is 4.79 Å². The van der Waals surface area contributed by atoms with Gasteiger partial charge in [-0.25, -0.2) is 13.1 Å². The summed E-state index contributed by atoms with van der Waals surface area (Å²) in [5.41, 5.74) is 0. The predicted molar refractivity (Wildman–Crippen MR) is 54.9 cm³/mol. The van der Waals surface area contributed by atoms with Crippen molar-refractivity contribution in [3.63, 3.8) is 0 Å². The molecule has 0 aromatic carbocycles. The molecule has 0 aromatic heterocycles. The van der Waals surface area contributed by atoms with E-state index in [9.17, 15) is 13.2 Å². The summed E-state index contributed by atoms with van der Waals surface area (Å²) in [5.74, 6) is -1.29. The van der Waals surface area contributed by atoms with Gasteiger partial charge < -0.3 is 10.2 Å². The molecule has 0 aliphatic heterocycles. The second kappa shape index (κ2) is 4.91. The summed E-state index contributed by atoms with van der Waals surface area (Å²) in [6, 6.07) is -1.28. The van der Waals surface area contributed by atoms with Gasteiger partial charge >= 0.3 is 5.97 Å². The quantitative estimate of drug-likeness (QED) is 0.602. The van der Waals surface area contributed by atoms with Crippen molar-refractivity contribution >= 4 is 16.0 Å². The Kier molecular flexibility index (Phi) is 4.69. The maximum absolute atomic E-state index is 11.6. The molecule has 7 heteroatoms. The smallest absolute Gasteiger partial charge is 0.321 e. The van der Waals surface area contributed by atoms with Gasteiger partial charge in [0.1, 0.15) is 6.04 Å². The first kappa shape index (κ1) is 14.3. The number of carboxylic acids is 1. The molecule has 0 aromatic rings. The largest absolute Gasteiger partial charge is 0.480 e. The lowest BCUT2D eigenvalue weighted by molar-refractivity contribution is -0.139. The van der Waals surface area contributed by atoms with E-state index in [1.807, 2.05) is 4.72 Å². The van der Waals surface area contributed by atoms with Crippen LogP contribution in [0.5, 0.6) is 0 Å². The van der Waals surface area contributed by atoms with Crippen LogP contribution in [-0.4, -0.2) is 42.0 Å². The van der Waals surface area contributed by atoms with Gasteiger partial charge in [0.05, 0.1) is 4.75 Å². The lowest BCUT2D eigenvalue weighted by Crippen LogP contribution is -2.48. The number of aliphatic carboxylic acids is 1. The van der Waals surface area contributed by atoms with Crippen molar-refractivity contribution in [2.75, 3.05) is 6.61 Å². The molecule has 0 aliphatic rings. The number of aliphatic hydroxyl groups excluding tert-OH is 1. The Bertz CT molecular complexity index is 316. The molecule has 0 rings (SSSR count). The number of carboxylic acid groups (broad SMARTS) is 1. The molecule has 6 nitrogen and oxygen atoms in total. The summed E-state index contributed by atoms with van der Waals surface area (Å²) < 4.78 is 24.1. The van der Waals surface area contributed by atoms with E-state index in [-0.39, 0.29) is 13.0 Å². The van der Waals surface area contributed by atoms with Gasteiger partial charge in [-0.05, 0) is 27.2 Å². The minimum absolute atomic E-state index is 0.148. The van der Waals surface area contributed by atoms with Gasteiger partial charge in [-0.1, -0.05) is 0 Å². The maximum Gasteiger partial charge on any atom is 0.321 e. The molecule has 1 atom stereocenters. The standard InChI is InChI=1S/C8H17NO5S/c1-8(2,3)15(13,14)9-6(4-5-10)7(11)12/h6,9-10H,4-5H2,1-3H3,(H,11,12). The lowest BCUT2D eigenvalue weighted by atomic mass is 10.2. The molecule has 0 heterocycles. The Morgan fingerprint density at radius 1 is 1.40 bits per heavy atom. The molecule has 1 unspecified atom stereocenters. The van der Waals surface area contributed by atoms with Gasteiger partial charge in [0, 0.05) is 6.61 Å². The van der Waals surface area contributed by atoms with Crippen LogP contribution in [0.1, 0.15) is 27.2 Å². The third-order valence-electron chi connectivity index (χ3n) is 1.82. The van der Waals surface area contributed by atoms with Gasteiger partial charge in [0.2, 0.25) is 10.0 Å². The highest BCUT2D eigenvalue weighted by Crippen LogP contribution is 2.14. The van der Waals surface area contributed by atoms with Crippen LogP contribution in [-0.2, 0) is 14.8 Å². The zero-order valence-corrected chi connectivity index (χ0v) is 9.84. The number of hydrogen-bond acceptors (Lipinski definition) is 4. The first-order valence-corrected chi connectivity index (χ1v) is 5.95. The minimum atomic E-state index is -3.71. The Morgan fingerprint density at radius 3 is 2.13 bits per heavy atom. The Hall–Kier alpha value is -0.660. The molecule has 0 spiro atoms. The van der Waals surface area contributed by atoms with E-state index in [1.165, 1.54) is 20.8 Å². The molecule has 0 fully saturated rings. The zero-order chi connectivity index (χ0) is 12.3. The molecule has 0 aliphatic carbocycles. The summed E-state index contributed by atoms with van der Waals surface area (Å²) in [6.07, 6.45) is -0.148. The molecule has 0 saturated carbocycles. The highest BCUT2D eigenvalue weighted by molar-refractivity contribution is 7.90. The highest BCUT2D eigenvalue weighted by atomic mass is 32.2. The molecular weight excluding hydrogens is 222 g/mol. The topological polar surface area (TPSA) is 104 Å². The fraction of sp³-hybridized carbons (Fsp3) is 0.875. The SMILES string of the molecule is CC(C)(C)S(=O)(=O)NC(CCO)C(=O)O. The summed E-state index contributed by atoms with van der Waals surface area (Å²) in [4.78, 5) is 10.7. The zero-order valence-electron chi connectivity index (χ0n) is 9.02. The summed E-state index contributed by atoms with van der Waals surface area (Å²) >= 11 is 0. The fourth-order valence-electron chi connectivity index (χ4n) is 0.726. The lowest BCUT2D eigenvalue weighted by Gasteiger charge is -2.22. The van der Waals surface area contributed by atoms with Crippen molar-refractivity contribution in [3.8, 4) is 0 Å². The van der Waals surface area contributed by atoms with Crippen molar-refractivity contribution in [2.24, 2.45) is 0 Å². The van der Waals surface area contributed by atoms with E-state index >= 15 is 0 Å². The van der Waals surface area contributed by atoms with Crippen LogP contribution in [0.3, 0.4) is 0 Å². The molecular formula is C8H17NO5S. The van der Waals surface area contributed by atoms with Gasteiger partial charge in [0.15, 0.2) is 0 Å². The van der Waals surface area contributed by atoms with Crippen molar-refractivity contribution < 1.29 is 23.4 Å². The molecule has 3 N–H and O–H groups in total. The Morgan fingerprint density at radius 2 is 1.87 bits per heavy atom. The van der Waals surface area contributed by atoms with Gasteiger partial charge in [-0.2, -0.15) is 0 Å². The number of aliphatic hydroxyl groups is 1. The number of sulfonamides is 1. The van der Waals surface area contributed by atoms with E-state index in [1.54, 1.807) is 0 Å². The monoisotopic (exact) mass is 239 g/mol. The second-order valence-electron chi connectivity index (χ2n) is 4.14. The fourth-order valence-corrected chi connectivity index (χ4v) is 1.67. The van der Waals surface area contributed by atoms with Crippen LogP contribution in [0.2, 0.25) is 0 Å². The van der Waals surface area contributed by atoms with E-state index in [0.717, 1.165) is 0 Å². The van der Waals surface area contributed by atoms with E-state index in [0.29, 0.717) is 0 Å². The third-order valence-corrected chi connectivity index (χ3v) is 4.03. The third kappa shape index (κ3) is 4.15. The minimum Gasteiger partial charge on any atom is -0.480 e. The van der Waals surface area contributed by atoms with Gasteiger partial charge in [0.25, 0.3) is 0 Å².